The van der Waals surface area contributed by atoms with Crippen molar-refractivity contribution in [3.05, 3.63) is 45.3 Å². The first-order valence-corrected chi connectivity index (χ1v) is 15.4. The third-order valence-corrected chi connectivity index (χ3v) is 23.8. The predicted molar refractivity (Wildman–Crippen MR) is 102 cm³/mol. The molecule has 0 radical (unpaired) electrons. The standard InChI is InChI=1S/C16H18Br2Si2/c1-19(2)15-9-11(17)5-7-13(15)14-8-6-12(18)10-16(14)20(19,3)4/h5-10H,1-4H3. The lowest BCUT2D eigenvalue weighted by Gasteiger charge is -2.45. The van der Waals surface area contributed by atoms with E-state index in [1.807, 2.05) is 0 Å². The molecule has 20 heavy (non-hydrogen) atoms. The van der Waals surface area contributed by atoms with Crippen molar-refractivity contribution in [1.82, 2.24) is 0 Å². The number of rotatable bonds is 0. The summed E-state index contributed by atoms with van der Waals surface area (Å²) in [4.78, 5) is 0. The van der Waals surface area contributed by atoms with Gasteiger partial charge in [0.05, 0.1) is 15.2 Å². The van der Waals surface area contributed by atoms with Crippen molar-refractivity contribution in [3.8, 4) is 11.1 Å². The molecule has 0 N–H and O–H groups in total. The minimum Gasteiger partial charge on any atom is -0.0671 e. The lowest BCUT2D eigenvalue weighted by atomic mass is 10.1. The molecule has 2 aromatic rings. The summed E-state index contributed by atoms with van der Waals surface area (Å²) in [5, 5.41) is 3.25. The van der Waals surface area contributed by atoms with Gasteiger partial charge in [-0.3, -0.25) is 0 Å². The van der Waals surface area contributed by atoms with Crippen LogP contribution in [0.1, 0.15) is 0 Å². The van der Waals surface area contributed by atoms with Gasteiger partial charge >= 0.3 is 0 Å². The van der Waals surface area contributed by atoms with E-state index in [0.717, 1.165) is 0 Å². The smallest absolute Gasteiger partial charge is 0.0671 e. The molecule has 3 rings (SSSR count). The van der Waals surface area contributed by atoms with Gasteiger partial charge in [0.1, 0.15) is 0 Å². The summed E-state index contributed by atoms with van der Waals surface area (Å²) in [6.45, 7) is 10.2. The summed E-state index contributed by atoms with van der Waals surface area (Å²) in [7, 11) is -2.91. The molecule has 0 spiro atoms. The monoisotopic (exact) mass is 424 g/mol. The molecule has 0 atom stereocenters. The average Bonchev–Trinajstić information content (AvgIpc) is 2.37. The zero-order valence-corrected chi connectivity index (χ0v) is 17.4. The second-order valence-corrected chi connectivity index (χ2v) is 23.5. The lowest BCUT2D eigenvalue weighted by molar-refractivity contribution is 1.57. The molecule has 0 fully saturated rings. The summed E-state index contributed by atoms with van der Waals surface area (Å²) in [5.41, 5.74) is 2.92. The van der Waals surface area contributed by atoms with Crippen LogP contribution in [0.5, 0.6) is 0 Å². The van der Waals surface area contributed by atoms with E-state index < -0.39 is 15.2 Å². The van der Waals surface area contributed by atoms with Crippen molar-refractivity contribution in [1.29, 1.82) is 0 Å². The van der Waals surface area contributed by atoms with E-state index in [4.69, 9.17) is 0 Å². The number of fused-ring (bicyclic) bond motifs is 3. The van der Waals surface area contributed by atoms with Gasteiger partial charge in [0, 0.05) is 8.95 Å². The van der Waals surface area contributed by atoms with Crippen LogP contribution in [-0.2, 0) is 0 Å². The predicted octanol–water partition coefficient (Wildman–Crippen LogP) is 4.80. The Morgan fingerprint density at radius 2 is 1.00 bits per heavy atom. The maximum absolute atomic E-state index is 3.66. The molecule has 4 heteroatoms. The molecule has 0 saturated carbocycles. The second-order valence-electron chi connectivity index (χ2n) is 6.63. The molecular formula is C16H18Br2Si2. The SMILES string of the molecule is C[Si]1(C)c2cc(Br)ccc2-c2ccc(Br)cc2[Si]1(C)C. The molecule has 1 aliphatic heterocycles. The highest BCUT2D eigenvalue weighted by atomic mass is 79.9. The van der Waals surface area contributed by atoms with Crippen LogP contribution < -0.4 is 10.4 Å². The van der Waals surface area contributed by atoms with Crippen LogP contribution in [0.3, 0.4) is 0 Å². The van der Waals surface area contributed by atoms with Crippen LogP contribution in [0.15, 0.2) is 45.3 Å². The van der Waals surface area contributed by atoms with E-state index in [-0.39, 0.29) is 0 Å². The van der Waals surface area contributed by atoms with Gasteiger partial charge in [-0.1, -0.05) is 80.6 Å². The fourth-order valence-corrected chi connectivity index (χ4v) is 13.8. The van der Waals surface area contributed by atoms with Crippen molar-refractivity contribution in [2.75, 3.05) is 0 Å². The summed E-state index contributed by atoms with van der Waals surface area (Å²) >= 11 is 7.32. The Kier molecular flexibility index (Phi) is 3.44. The quantitative estimate of drug-likeness (QED) is 0.531. The Morgan fingerprint density at radius 3 is 1.35 bits per heavy atom. The van der Waals surface area contributed by atoms with Gasteiger partial charge in [-0.05, 0) is 35.4 Å². The maximum Gasteiger partial charge on any atom is 0.0800 e. The van der Waals surface area contributed by atoms with Gasteiger partial charge in [-0.25, -0.2) is 0 Å². The fourth-order valence-electron chi connectivity index (χ4n) is 3.21. The fraction of sp³-hybridized carbons (Fsp3) is 0.250. The summed E-state index contributed by atoms with van der Waals surface area (Å²) in [5.74, 6) is 0. The zero-order valence-electron chi connectivity index (χ0n) is 12.2. The molecule has 0 nitrogen and oxygen atoms in total. The van der Waals surface area contributed by atoms with Crippen molar-refractivity contribution < 1.29 is 0 Å². The average molecular weight is 426 g/mol. The Bertz CT molecular complexity index is 644. The van der Waals surface area contributed by atoms with Crippen LogP contribution >= 0.6 is 31.9 Å². The molecule has 0 saturated heterocycles. The van der Waals surface area contributed by atoms with E-state index >= 15 is 0 Å². The Labute approximate surface area is 139 Å². The van der Waals surface area contributed by atoms with Gasteiger partial charge in [-0.2, -0.15) is 0 Å². The number of hydrogen-bond donors (Lipinski definition) is 0. The molecule has 1 aliphatic rings. The lowest BCUT2D eigenvalue weighted by Crippen LogP contribution is -2.72. The van der Waals surface area contributed by atoms with Crippen LogP contribution in [0, 0.1) is 0 Å². The summed E-state index contributed by atoms with van der Waals surface area (Å²) < 4.78 is 2.42. The van der Waals surface area contributed by atoms with E-state index in [2.05, 4.69) is 94.4 Å². The third-order valence-electron chi connectivity index (χ3n) is 5.16. The Morgan fingerprint density at radius 1 is 0.650 bits per heavy atom. The first-order valence-electron chi connectivity index (χ1n) is 6.85. The van der Waals surface area contributed by atoms with Gasteiger partial charge in [0.15, 0.2) is 0 Å². The molecule has 2 aromatic carbocycles. The van der Waals surface area contributed by atoms with Crippen molar-refractivity contribution in [3.63, 3.8) is 0 Å². The summed E-state index contributed by atoms with van der Waals surface area (Å²) in [6, 6.07) is 13.7. The molecule has 0 bridgehead atoms. The second kappa shape index (κ2) is 4.66. The van der Waals surface area contributed by atoms with Crippen molar-refractivity contribution >= 4 is 57.4 Å². The highest BCUT2D eigenvalue weighted by Gasteiger charge is 2.49. The van der Waals surface area contributed by atoms with E-state index in [1.165, 1.54) is 20.1 Å². The third kappa shape index (κ3) is 1.96. The minimum absolute atomic E-state index is 1.21. The summed E-state index contributed by atoms with van der Waals surface area (Å²) in [6.07, 6.45) is 0. The van der Waals surface area contributed by atoms with Gasteiger partial charge < -0.3 is 0 Å². The molecule has 0 aliphatic carbocycles. The van der Waals surface area contributed by atoms with Crippen LogP contribution in [-0.4, -0.2) is 15.2 Å². The van der Waals surface area contributed by atoms with Crippen LogP contribution in [0.25, 0.3) is 11.1 Å². The molecule has 0 aromatic heterocycles. The topological polar surface area (TPSA) is 0 Å². The van der Waals surface area contributed by atoms with Crippen LogP contribution in [0.2, 0.25) is 26.2 Å². The number of hydrogen-bond acceptors (Lipinski definition) is 0. The minimum atomic E-state index is -1.46. The van der Waals surface area contributed by atoms with E-state index in [0.29, 0.717) is 0 Å². The molecule has 0 amide bonds. The van der Waals surface area contributed by atoms with Crippen LogP contribution in [0.4, 0.5) is 0 Å². The first kappa shape index (κ1) is 14.8. The van der Waals surface area contributed by atoms with Crippen molar-refractivity contribution in [2.24, 2.45) is 0 Å². The van der Waals surface area contributed by atoms with Gasteiger partial charge in [0.25, 0.3) is 0 Å². The van der Waals surface area contributed by atoms with E-state index in [1.54, 1.807) is 10.4 Å². The normalized spacial score (nSPS) is 18.3. The highest BCUT2D eigenvalue weighted by molar-refractivity contribution is 9.10. The molecular weight excluding hydrogens is 408 g/mol. The van der Waals surface area contributed by atoms with Gasteiger partial charge in [0.2, 0.25) is 0 Å². The molecule has 104 valence electrons. The number of halogens is 2. The zero-order chi connectivity index (χ0) is 14.7. The Hall–Kier alpha value is -0.166. The highest BCUT2D eigenvalue weighted by Crippen LogP contribution is 2.34. The largest absolute Gasteiger partial charge is 0.0800 e. The van der Waals surface area contributed by atoms with Gasteiger partial charge in [-0.15, -0.1) is 0 Å². The first-order chi connectivity index (χ1) is 9.25. The van der Waals surface area contributed by atoms with Crippen molar-refractivity contribution in [2.45, 2.75) is 26.2 Å². The van der Waals surface area contributed by atoms with E-state index in [9.17, 15) is 0 Å². The maximum atomic E-state index is 3.66. The molecule has 0 unspecified atom stereocenters. The number of benzene rings is 2. The Balaban J connectivity index is 2.43. The molecule has 1 heterocycles.